The Morgan fingerprint density at radius 1 is 0.852 bits per heavy atom. The monoisotopic (exact) mass is 382 g/mol. The molecule has 4 rings (SSSR count). The maximum atomic E-state index is 12.7. The van der Waals surface area contributed by atoms with Crippen molar-refractivity contribution in [3.8, 4) is 11.4 Å². The Hall–Kier alpha value is -2.99. The Morgan fingerprint density at radius 2 is 1.48 bits per heavy atom. The summed E-state index contributed by atoms with van der Waals surface area (Å²) in [5.41, 5.74) is 2.10. The molecular weight excluding hydrogens is 364 g/mol. The number of piperazine rings is 1. The van der Waals surface area contributed by atoms with Crippen molar-refractivity contribution >= 4 is 23.0 Å². The number of hydrogen-bond donors (Lipinski definition) is 1. The van der Waals surface area contributed by atoms with Gasteiger partial charge in [0.15, 0.2) is 0 Å². The predicted molar refractivity (Wildman–Crippen MR) is 107 cm³/mol. The summed E-state index contributed by atoms with van der Waals surface area (Å²) in [5, 5.41) is 13.9. The van der Waals surface area contributed by atoms with E-state index in [1.54, 1.807) is 18.3 Å². The summed E-state index contributed by atoms with van der Waals surface area (Å²) in [6.07, 6.45) is 1.66. The van der Waals surface area contributed by atoms with Crippen LogP contribution in [0.15, 0.2) is 65.6 Å². The first-order valence-corrected chi connectivity index (χ1v) is 9.13. The molecular formula is C20H19ClN4O2. The Labute approximate surface area is 161 Å². The fourth-order valence-corrected chi connectivity index (χ4v) is 3.52. The molecule has 0 atom stereocenters. The summed E-state index contributed by atoms with van der Waals surface area (Å²) >= 11 is 6.40. The number of benzene rings is 2. The van der Waals surface area contributed by atoms with Gasteiger partial charge in [0.2, 0.25) is 0 Å². The highest BCUT2D eigenvalue weighted by molar-refractivity contribution is 6.33. The van der Waals surface area contributed by atoms with Crippen LogP contribution in [0.3, 0.4) is 0 Å². The second kappa shape index (κ2) is 7.32. The number of aromatic nitrogens is 2. The van der Waals surface area contributed by atoms with Gasteiger partial charge >= 0.3 is 0 Å². The Morgan fingerprint density at radius 3 is 2.15 bits per heavy atom. The number of hydrogen-bond acceptors (Lipinski definition) is 5. The van der Waals surface area contributed by atoms with Gasteiger partial charge in [-0.25, -0.2) is 0 Å². The molecule has 0 bridgehead atoms. The average molecular weight is 383 g/mol. The molecule has 1 aromatic heterocycles. The van der Waals surface area contributed by atoms with Crippen molar-refractivity contribution in [1.82, 2.24) is 9.78 Å². The van der Waals surface area contributed by atoms with Gasteiger partial charge < -0.3 is 14.9 Å². The minimum absolute atomic E-state index is 0.187. The van der Waals surface area contributed by atoms with Crippen molar-refractivity contribution in [3.05, 3.63) is 76.2 Å². The van der Waals surface area contributed by atoms with Gasteiger partial charge in [0.25, 0.3) is 5.56 Å². The van der Waals surface area contributed by atoms with Crippen LogP contribution in [-0.4, -0.2) is 41.1 Å². The van der Waals surface area contributed by atoms with E-state index < -0.39 is 0 Å². The predicted octanol–water partition coefficient (Wildman–Crippen LogP) is 2.92. The second-order valence-corrected chi connectivity index (χ2v) is 6.76. The van der Waals surface area contributed by atoms with E-state index in [4.69, 9.17) is 11.6 Å². The molecule has 1 saturated heterocycles. The highest BCUT2D eigenvalue weighted by Gasteiger charge is 2.21. The van der Waals surface area contributed by atoms with Gasteiger partial charge in [0.1, 0.15) is 10.8 Å². The molecule has 6 nitrogen and oxygen atoms in total. The average Bonchev–Trinajstić information content (AvgIpc) is 2.71. The number of halogens is 1. The number of para-hydroxylation sites is 1. The first-order chi connectivity index (χ1) is 13.1. The van der Waals surface area contributed by atoms with Crippen LogP contribution in [0.2, 0.25) is 5.02 Å². The molecule has 0 aliphatic carbocycles. The van der Waals surface area contributed by atoms with Crippen LogP contribution in [-0.2, 0) is 0 Å². The van der Waals surface area contributed by atoms with Gasteiger partial charge in [-0.3, -0.25) is 4.79 Å². The van der Waals surface area contributed by atoms with Crippen molar-refractivity contribution in [2.24, 2.45) is 0 Å². The van der Waals surface area contributed by atoms with Crippen LogP contribution in [0, 0.1) is 0 Å². The molecule has 1 aliphatic rings. The molecule has 138 valence electrons. The van der Waals surface area contributed by atoms with Crippen molar-refractivity contribution in [2.45, 2.75) is 0 Å². The van der Waals surface area contributed by atoms with E-state index in [1.165, 1.54) is 4.68 Å². The summed E-state index contributed by atoms with van der Waals surface area (Å²) < 4.78 is 1.32. The van der Waals surface area contributed by atoms with E-state index in [1.807, 2.05) is 42.5 Å². The highest BCUT2D eigenvalue weighted by Crippen LogP contribution is 2.25. The van der Waals surface area contributed by atoms with E-state index in [2.05, 4.69) is 14.9 Å². The normalized spacial score (nSPS) is 14.4. The minimum Gasteiger partial charge on any atom is -0.508 e. The fraction of sp³-hybridized carbons (Fsp3) is 0.200. The topological polar surface area (TPSA) is 61.6 Å². The van der Waals surface area contributed by atoms with Crippen LogP contribution < -0.4 is 15.4 Å². The Balaban J connectivity index is 1.52. The molecule has 7 heteroatoms. The van der Waals surface area contributed by atoms with Gasteiger partial charge in [0, 0.05) is 31.9 Å². The lowest BCUT2D eigenvalue weighted by Crippen LogP contribution is -2.47. The second-order valence-electron chi connectivity index (χ2n) is 6.39. The van der Waals surface area contributed by atoms with Crippen LogP contribution in [0.1, 0.15) is 0 Å². The number of anilines is 2. The largest absolute Gasteiger partial charge is 0.508 e. The molecule has 1 fully saturated rings. The summed E-state index contributed by atoms with van der Waals surface area (Å²) in [4.78, 5) is 17.0. The van der Waals surface area contributed by atoms with Crippen LogP contribution in [0.4, 0.5) is 11.4 Å². The van der Waals surface area contributed by atoms with Crippen molar-refractivity contribution in [1.29, 1.82) is 0 Å². The first kappa shape index (κ1) is 17.4. The van der Waals surface area contributed by atoms with E-state index in [0.717, 1.165) is 31.9 Å². The third-order valence-corrected chi connectivity index (χ3v) is 5.09. The van der Waals surface area contributed by atoms with Crippen LogP contribution in [0.25, 0.3) is 5.69 Å². The molecule has 0 unspecified atom stereocenters. The summed E-state index contributed by atoms with van der Waals surface area (Å²) in [6, 6.07) is 16.4. The molecule has 0 amide bonds. The molecule has 27 heavy (non-hydrogen) atoms. The van der Waals surface area contributed by atoms with E-state index in [-0.39, 0.29) is 16.3 Å². The minimum atomic E-state index is -0.318. The van der Waals surface area contributed by atoms with E-state index in [9.17, 15) is 9.90 Å². The summed E-state index contributed by atoms with van der Waals surface area (Å²) in [6.45, 7) is 3.06. The Bertz CT molecular complexity index is 981. The van der Waals surface area contributed by atoms with Gasteiger partial charge in [-0.2, -0.15) is 9.78 Å². The van der Waals surface area contributed by atoms with Crippen molar-refractivity contribution in [2.75, 3.05) is 36.0 Å². The smallest absolute Gasteiger partial charge is 0.292 e. The van der Waals surface area contributed by atoms with Gasteiger partial charge in [0.05, 0.1) is 17.6 Å². The standard InChI is InChI=1S/C20H19ClN4O2/c21-19-18(14-22-25(20(19)27)16-4-2-1-3-5-16)24-12-10-23(11-13-24)15-6-8-17(26)9-7-15/h1-9,14,26H,10-13H2. The highest BCUT2D eigenvalue weighted by atomic mass is 35.5. The lowest BCUT2D eigenvalue weighted by Gasteiger charge is -2.37. The summed E-state index contributed by atoms with van der Waals surface area (Å²) in [7, 11) is 0. The SMILES string of the molecule is O=c1c(Cl)c(N2CCN(c3ccc(O)cc3)CC2)cnn1-c1ccccc1. The van der Waals surface area contributed by atoms with Crippen molar-refractivity contribution in [3.63, 3.8) is 0 Å². The molecule has 3 aromatic rings. The van der Waals surface area contributed by atoms with Gasteiger partial charge in [-0.15, -0.1) is 0 Å². The maximum Gasteiger partial charge on any atom is 0.292 e. The van der Waals surface area contributed by atoms with Crippen molar-refractivity contribution < 1.29 is 5.11 Å². The molecule has 0 spiro atoms. The first-order valence-electron chi connectivity index (χ1n) is 8.75. The number of phenolic OH excluding ortho intramolecular Hbond substituents is 1. The fourth-order valence-electron chi connectivity index (χ4n) is 3.27. The van der Waals surface area contributed by atoms with Crippen LogP contribution in [0.5, 0.6) is 5.75 Å². The molecule has 2 aromatic carbocycles. The third kappa shape index (κ3) is 3.48. The summed E-state index contributed by atoms with van der Waals surface area (Å²) in [5.74, 6) is 0.259. The Kier molecular flexibility index (Phi) is 4.73. The van der Waals surface area contributed by atoms with Gasteiger partial charge in [-0.05, 0) is 36.4 Å². The molecule has 0 saturated carbocycles. The number of nitrogens with zero attached hydrogens (tertiary/aromatic N) is 4. The van der Waals surface area contributed by atoms with E-state index >= 15 is 0 Å². The molecule has 0 radical (unpaired) electrons. The van der Waals surface area contributed by atoms with Gasteiger partial charge in [-0.1, -0.05) is 29.8 Å². The number of aromatic hydroxyl groups is 1. The molecule has 1 aliphatic heterocycles. The lowest BCUT2D eigenvalue weighted by molar-refractivity contribution is 0.475. The zero-order valence-electron chi connectivity index (χ0n) is 14.6. The lowest BCUT2D eigenvalue weighted by atomic mass is 10.2. The molecule has 2 heterocycles. The van der Waals surface area contributed by atoms with E-state index in [0.29, 0.717) is 11.4 Å². The number of rotatable bonds is 3. The quantitative estimate of drug-likeness (QED) is 0.754. The number of phenols is 1. The zero-order chi connectivity index (χ0) is 18.8. The zero-order valence-corrected chi connectivity index (χ0v) is 15.4. The molecule has 1 N–H and O–H groups in total. The van der Waals surface area contributed by atoms with Crippen LogP contribution >= 0.6 is 11.6 Å². The maximum absolute atomic E-state index is 12.7. The third-order valence-electron chi connectivity index (χ3n) is 4.74.